The first-order chi connectivity index (χ1) is 18.3. The zero-order valence-electron chi connectivity index (χ0n) is 21.2. The van der Waals surface area contributed by atoms with Crippen LogP contribution in [0.3, 0.4) is 0 Å². The number of ether oxygens (including phenoxy) is 2. The first kappa shape index (κ1) is 26.8. The standard InChI is InChI=1S/C27H26F2N4O5/c1-4-37-14-8-13-32-23-17(26(35)33-12-7-9-16(3)22(33)30-23)15-18(27(36)38-5-2)24(32)31-25(34)21-19(28)10-6-11-20(21)29/h6-7,9-12,15H,4-5,8,13-14H2,1-3H3. The van der Waals surface area contributed by atoms with Crippen LogP contribution in [0.2, 0.25) is 0 Å². The molecule has 1 aromatic carbocycles. The number of hydrogen-bond donors (Lipinski definition) is 0. The molecule has 198 valence electrons. The van der Waals surface area contributed by atoms with Gasteiger partial charge in [-0.25, -0.2) is 18.6 Å². The highest BCUT2D eigenvalue weighted by Gasteiger charge is 2.22. The average Bonchev–Trinajstić information content (AvgIpc) is 2.88. The minimum atomic E-state index is -1.24. The molecule has 0 N–H and O–H groups in total. The van der Waals surface area contributed by atoms with Gasteiger partial charge in [0, 0.05) is 26.0 Å². The molecule has 0 unspecified atom stereocenters. The molecule has 4 rings (SSSR count). The van der Waals surface area contributed by atoms with Crippen LogP contribution in [0.4, 0.5) is 8.78 Å². The lowest BCUT2D eigenvalue weighted by molar-refractivity contribution is 0.0523. The van der Waals surface area contributed by atoms with E-state index in [1.807, 2.05) is 6.92 Å². The molecule has 0 bridgehead atoms. The molecular weight excluding hydrogens is 498 g/mol. The van der Waals surface area contributed by atoms with Crippen LogP contribution >= 0.6 is 0 Å². The van der Waals surface area contributed by atoms with E-state index in [-0.39, 0.29) is 35.2 Å². The summed E-state index contributed by atoms with van der Waals surface area (Å²) in [6.07, 6.45) is 1.96. The molecule has 4 aromatic rings. The number of fused-ring (bicyclic) bond motifs is 2. The summed E-state index contributed by atoms with van der Waals surface area (Å²) in [6, 6.07) is 7.74. The van der Waals surface area contributed by atoms with E-state index < -0.39 is 34.6 Å². The molecule has 0 aliphatic carbocycles. The molecule has 0 aliphatic rings. The average molecular weight is 525 g/mol. The van der Waals surface area contributed by atoms with Gasteiger partial charge < -0.3 is 14.0 Å². The third kappa shape index (κ3) is 5.10. The van der Waals surface area contributed by atoms with E-state index in [2.05, 4.69) is 9.98 Å². The van der Waals surface area contributed by atoms with E-state index in [0.29, 0.717) is 30.8 Å². The van der Waals surface area contributed by atoms with Gasteiger partial charge in [0.25, 0.3) is 11.5 Å². The molecule has 0 radical (unpaired) electrons. The van der Waals surface area contributed by atoms with Crippen LogP contribution in [0.5, 0.6) is 0 Å². The van der Waals surface area contributed by atoms with Crippen LogP contribution in [-0.2, 0) is 16.0 Å². The Balaban J connectivity index is 2.12. The summed E-state index contributed by atoms with van der Waals surface area (Å²) in [5.74, 6) is -4.30. The van der Waals surface area contributed by atoms with Crippen molar-refractivity contribution in [3.63, 3.8) is 0 Å². The minimum Gasteiger partial charge on any atom is -0.462 e. The first-order valence-corrected chi connectivity index (χ1v) is 12.1. The van der Waals surface area contributed by atoms with Gasteiger partial charge in [0.2, 0.25) is 0 Å². The second kappa shape index (κ2) is 11.4. The van der Waals surface area contributed by atoms with E-state index in [1.54, 1.807) is 32.2 Å². The van der Waals surface area contributed by atoms with Crippen molar-refractivity contribution in [3.8, 4) is 0 Å². The van der Waals surface area contributed by atoms with E-state index in [4.69, 9.17) is 9.47 Å². The molecule has 11 heteroatoms. The lowest BCUT2D eigenvalue weighted by atomic mass is 10.1. The second-order valence-corrected chi connectivity index (χ2v) is 8.36. The van der Waals surface area contributed by atoms with Crippen molar-refractivity contribution in [1.82, 2.24) is 14.0 Å². The summed E-state index contributed by atoms with van der Waals surface area (Å²) in [5, 5.41) is 0.0797. The zero-order chi connectivity index (χ0) is 27.4. The number of aromatic nitrogens is 3. The van der Waals surface area contributed by atoms with E-state index >= 15 is 0 Å². The Morgan fingerprint density at radius 2 is 1.79 bits per heavy atom. The lowest BCUT2D eigenvalue weighted by Gasteiger charge is -2.15. The summed E-state index contributed by atoms with van der Waals surface area (Å²) in [7, 11) is 0. The maximum absolute atomic E-state index is 14.4. The fourth-order valence-corrected chi connectivity index (χ4v) is 4.10. The summed E-state index contributed by atoms with van der Waals surface area (Å²) >= 11 is 0. The van der Waals surface area contributed by atoms with Crippen molar-refractivity contribution < 1.29 is 27.8 Å². The lowest BCUT2D eigenvalue weighted by Crippen LogP contribution is -2.33. The maximum Gasteiger partial charge on any atom is 0.341 e. The van der Waals surface area contributed by atoms with Crippen molar-refractivity contribution in [2.75, 3.05) is 19.8 Å². The number of benzene rings is 1. The predicted molar refractivity (Wildman–Crippen MR) is 135 cm³/mol. The van der Waals surface area contributed by atoms with Crippen LogP contribution < -0.4 is 11.0 Å². The van der Waals surface area contributed by atoms with Crippen LogP contribution in [0.1, 0.15) is 46.5 Å². The number of aryl methyl sites for hydroxylation is 2. The smallest absolute Gasteiger partial charge is 0.341 e. The van der Waals surface area contributed by atoms with Gasteiger partial charge in [-0.1, -0.05) is 12.1 Å². The van der Waals surface area contributed by atoms with Crippen molar-refractivity contribution in [3.05, 3.63) is 86.8 Å². The number of pyridine rings is 2. The largest absolute Gasteiger partial charge is 0.462 e. The van der Waals surface area contributed by atoms with Gasteiger partial charge in [-0.15, -0.1) is 0 Å². The normalized spacial score (nSPS) is 11.9. The second-order valence-electron chi connectivity index (χ2n) is 8.36. The Bertz CT molecular complexity index is 1660. The fraction of sp³-hybridized carbons (Fsp3) is 0.296. The highest BCUT2D eigenvalue weighted by atomic mass is 19.1. The number of carbonyl (C=O) groups is 2. The molecule has 9 nitrogen and oxygen atoms in total. The Hall–Kier alpha value is -4.25. The number of rotatable bonds is 8. The minimum absolute atomic E-state index is 0.00465. The molecule has 1 amide bonds. The maximum atomic E-state index is 14.4. The quantitative estimate of drug-likeness (QED) is 0.198. The van der Waals surface area contributed by atoms with E-state index in [0.717, 1.165) is 18.2 Å². The Morgan fingerprint density at radius 1 is 1.05 bits per heavy atom. The summed E-state index contributed by atoms with van der Waals surface area (Å²) in [5.41, 5.74) is -0.539. The van der Waals surface area contributed by atoms with Gasteiger partial charge in [-0.3, -0.25) is 14.0 Å². The molecule has 0 aliphatic heterocycles. The van der Waals surface area contributed by atoms with Gasteiger partial charge >= 0.3 is 5.97 Å². The van der Waals surface area contributed by atoms with Crippen LogP contribution in [-0.4, -0.2) is 45.6 Å². The first-order valence-electron chi connectivity index (χ1n) is 12.1. The number of esters is 1. The number of amides is 1. The third-order valence-corrected chi connectivity index (χ3v) is 5.86. The number of nitrogens with zero attached hydrogens (tertiary/aromatic N) is 4. The van der Waals surface area contributed by atoms with Crippen molar-refractivity contribution in [2.24, 2.45) is 4.99 Å². The van der Waals surface area contributed by atoms with Gasteiger partial charge in [-0.2, -0.15) is 4.99 Å². The van der Waals surface area contributed by atoms with Gasteiger partial charge in [0.05, 0.1) is 12.0 Å². The molecule has 38 heavy (non-hydrogen) atoms. The van der Waals surface area contributed by atoms with Gasteiger partial charge in [-0.05, 0) is 57.0 Å². The van der Waals surface area contributed by atoms with E-state index in [1.165, 1.54) is 15.0 Å². The Kier molecular flexibility index (Phi) is 8.06. The summed E-state index contributed by atoms with van der Waals surface area (Å²) in [4.78, 5) is 48.2. The summed E-state index contributed by atoms with van der Waals surface area (Å²) in [6.45, 7) is 6.16. The van der Waals surface area contributed by atoms with Crippen molar-refractivity contribution in [2.45, 2.75) is 33.7 Å². The molecule has 0 saturated heterocycles. The predicted octanol–water partition coefficient (Wildman–Crippen LogP) is 3.58. The number of halogens is 2. The molecule has 0 atom stereocenters. The molecule has 0 saturated carbocycles. The van der Waals surface area contributed by atoms with Crippen LogP contribution in [0.25, 0.3) is 16.7 Å². The Morgan fingerprint density at radius 3 is 2.47 bits per heavy atom. The van der Waals surface area contributed by atoms with Crippen molar-refractivity contribution in [1.29, 1.82) is 0 Å². The zero-order valence-corrected chi connectivity index (χ0v) is 21.2. The monoisotopic (exact) mass is 524 g/mol. The van der Waals surface area contributed by atoms with Crippen LogP contribution in [0.15, 0.2) is 52.4 Å². The molecular formula is C27H26F2N4O5. The summed E-state index contributed by atoms with van der Waals surface area (Å²) < 4.78 is 42.2. The molecule has 0 spiro atoms. The third-order valence-electron chi connectivity index (χ3n) is 5.86. The molecule has 3 aromatic heterocycles. The topological polar surface area (TPSA) is 104 Å². The number of hydrogen-bond acceptors (Lipinski definition) is 6. The Labute approximate surface area is 216 Å². The fourth-order valence-electron chi connectivity index (χ4n) is 4.10. The van der Waals surface area contributed by atoms with Crippen LogP contribution in [0, 0.1) is 18.6 Å². The van der Waals surface area contributed by atoms with Gasteiger partial charge in [0.15, 0.2) is 5.49 Å². The van der Waals surface area contributed by atoms with Gasteiger partial charge in [0.1, 0.15) is 34.1 Å². The van der Waals surface area contributed by atoms with E-state index in [9.17, 15) is 23.2 Å². The molecule has 3 heterocycles. The van der Waals surface area contributed by atoms with Crippen molar-refractivity contribution >= 4 is 28.6 Å². The number of carbonyl (C=O) groups excluding carboxylic acids is 2. The highest BCUT2D eigenvalue weighted by molar-refractivity contribution is 5.97. The highest BCUT2D eigenvalue weighted by Crippen LogP contribution is 2.16. The SMILES string of the molecule is CCOCCCn1c(=NC(=O)c2c(F)cccc2F)c(C(=O)OCC)cc2c(=O)n3cccc(C)c3nc21. The molecule has 0 fully saturated rings.